The highest BCUT2D eigenvalue weighted by molar-refractivity contribution is 5.66. The highest BCUT2D eigenvalue weighted by Gasteiger charge is 1.97. The van der Waals surface area contributed by atoms with Gasteiger partial charge in [0, 0.05) is 6.42 Å². The molecular formula is C10H18O2. The molecule has 2 heteroatoms. The molecule has 0 aliphatic carbocycles. The zero-order chi connectivity index (χ0) is 9.56. The van der Waals surface area contributed by atoms with Gasteiger partial charge in [-0.15, -0.1) is 0 Å². The Kier molecular flexibility index (Phi) is 5.43. The fourth-order valence-electron chi connectivity index (χ4n) is 0.916. The van der Waals surface area contributed by atoms with Crippen molar-refractivity contribution in [2.75, 3.05) is 0 Å². The molecule has 0 atom stereocenters. The Labute approximate surface area is 74.3 Å². The van der Waals surface area contributed by atoms with Gasteiger partial charge in [-0.2, -0.15) is 0 Å². The highest BCUT2D eigenvalue weighted by Crippen LogP contribution is 2.11. The van der Waals surface area contributed by atoms with Gasteiger partial charge in [0.25, 0.3) is 0 Å². The van der Waals surface area contributed by atoms with Crippen molar-refractivity contribution < 1.29 is 9.90 Å². The molecule has 0 aromatic heterocycles. The summed E-state index contributed by atoms with van der Waals surface area (Å²) in [6.07, 6.45) is 3.12. The molecule has 1 N–H and O–H groups in total. The third-order valence-electron chi connectivity index (χ3n) is 2.05. The summed E-state index contributed by atoms with van der Waals surface area (Å²) in [6, 6.07) is 0. The molecule has 70 valence electrons. The summed E-state index contributed by atoms with van der Waals surface area (Å²) in [5.74, 6) is -0.690. The van der Waals surface area contributed by atoms with Gasteiger partial charge in [-0.25, -0.2) is 0 Å². The van der Waals surface area contributed by atoms with E-state index in [9.17, 15) is 4.79 Å². The minimum Gasteiger partial charge on any atom is -0.481 e. The van der Waals surface area contributed by atoms with Crippen molar-refractivity contribution in [1.29, 1.82) is 0 Å². The lowest BCUT2D eigenvalue weighted by Gasteiger charge is -2.02. The number of hydrogen-bond donors (Lipinski definition) is 1. The minimum absolute atomic E-state index is 0.302. The van der Waals surface area contributed by atoms with Crippen molar-refractivity contribution >= 4 is 5.97 Å². The van der Waals surface area contributed by atoms with Crippen LogP contribution < -0.4 is 0 Å². The van der Waals surface area contributed by atoms with Gasteiger partial charge in [-0.1, -0.05) is 11.1 Å². The van der Waals surface area contributed by atoms with Crippen LogP contribution in [0.2, 0.25) is 0 Å². The number of unbranched alkanes of at least 4 members (excludes halogenated alkanes) is 1. The number of rotatable bonds is 5. The number of aliphatic carboxylic acids is 1. The van der Waals surface area contributed by atoms with E-state index < -0.39 is 5.97 Å². The number of carboxylic acid groups (broad SMARTS) is 1. The van der Waals surface area contributed by atoms with E-state index in [1.165, 1.54) is 11.1 Å². The molecule has 0 spiro atoms. The molecular weight excluding hydrogens is 152 g/mol. The van der Waals surface area contributed by atoms with Crippen LogP contribution in [0, 0.1) is 0 Å². The van der Waals surface area contributed by atoms with Crippen LogP contribution in [0.4, 0.5) is 0 Å². The second-order valence-electron chi connectivity index (χ2n) is 3.38. The maximum Gasteiger partial charge on any atom is 0.303 e. The first-order chi connectivity index (χ1) is 5.54. The van der Waals surface area contributed by atoms with Crippen LogP contribution in [0.1, 0.15) is 46.5 Å². The van der Waals surface area contributed by atoms with Crippen LogP contribution in [0.15, 0.2) is 11.1 Å². The monoisotopic (exact) mass is 170 g/mol. The molecule has 0 saturated heterocycles. The average molecular weight is 170 g/mol. The van der Waals surface area contributed by atoms with Crippen molar-refractivity contribution in [2.45, 2.75) is 46.5 Å². The molecule has 0 heterocycles. The first-order valence-electron chi connectivity index (χ1n) is 4.38. The predicted molar refractivity (Wildman–Crippen MR) is 50.2 cm³/mol. The SMILES string of the molecule is CC(C)=C(C)CCCCC(=O)O. The third-order valence-corrected chi connectivity index (χ3v) is 2.05. The van der Waals surface area contributed by atoms with Gasteiger partial charge in [-0.05, 0) is 40.0 Å². The van der Waals surface area contributed by atoms with Gasteiger partial charge in [0.2, 0.25) is 0 Å². The van der Waals surface area contributed by atoms with E-state index in [4.69, 9.17) is 5.11 Å². The molecule has 0 bridgehead atoms. The largest absolute Gasteiger partial charge is 0.481 e. The maximum atomic E-state index is 10.2. The molecule has 0 aromatic rings. The maximum absolute atomic E-state index is 10.2. The fourth-order valence-corrected chi connectivity index (χ4v) is 0.916. The minimum atomic E-state index is -0.690. The number of hydrogen-bond acceptors (Lipinski definition) is 1. The van der Waals surface area contributed by atoms with Gasteiger partial charge in [0.15, 0.2) is 0 Å². The van der Waals surface area contributed by atoms with Crippen molar-refractivity contribution in [2.24, 2.45) is 0 Å². The van der Waals surface area contributed by atoms with E-state index in [0.29, 0.717) is 6.42 Å². The van der Waals surface area contributed by atoms with E-state index >= 15 is 0 Å². The number of carbonyl (C=O) groups is 1. The molecule has 0 aromatic carbocycles. The Morgan fingerprint density at radius 1 is 1.08 bits per heavy atom. The quantitative estimate of drug-likeness (QED) is 0.508. The summed E-state index contributed by atoms with van der Waals surface area (Å²) in [4.78, 5) is 10.2. The summed E-state index contributed by atoms with van der Waals surface area (Å²) in [6.45, 7) is 6.29. The Balaban J connectivity index is 3.45. The van der Waals surface area contributed by atoms with Gasteiger partial charge in [0.1, 0.15) is 0 Å². The first-order valence-corrected chi connectivity index (χ1v) is 4.38. The fraction of sp³-hybridized carbons (Fsp3) is 0.700. The van der Waals surface area contributed by atoms with E-state index in [0.717, 1.165) is 19.3 Å². The number of carboxylic acids is 1. The van der Waals surface area contributed by atoms with E-state index in [-0.39, 0.29) is 0 Å². The Morgan fingerprint density at radius 2 is 1.58 bits per heavy atom. The summed E-state index contributed by atoms with van der Waals surface area (Å²) >= 11 is 0. The van der Waals surface area contributed by atoms with E-state index in [1.807, 2.05) is 0 Å². The average Bonchev–Trinajstić information content (AvgIpc) is 1.97. The van der Waals surface area contributed by atoms with Crippen LogP contribution in [0.25, 0.3) is 0 Å². The Bertz CT molecular complexity index is 176. The van der Waals surface area contributed by atoms with Crippen LogP contribution in [0.3, 0.4) is 0 Å². The second-order valence-corrected chi connectivity index (χ2v) is 3.38. The molecule has 0 radical (unpaired) electrons. The molecule has 0 aliphatic heterocycles. The lowest BCUT2D eigenvalue weighted by atomic mass is 10.1. The van der Waals surface area contributed by atoms with Crippen LogP contribution in [0.5, 0.6) is 0 Å². The smallest absolute Gasteiger partial charge is 0.303 e. The van der Waals surface area contributed by atoms with E-state index in [1.54, 1.807) is 0 Å². The normalized spacial score (nSPS) is 9.58. The second kappa shape index (κ2) is 5.81. The predicted octanol–water partition coefficient (Wildman–Crippen LogP) is 2.99. The molecule has 0 amide bonds. The Hall–Kier alpha value is -0.790. The molecule has 0 rings (SSSR count). The molecule has 0 unspecified atom stereocenters. The lowest BCUT2D eigenvalue weighted by molar-refractivity contribution is -0.137. The zero-order valence-electron chi connectivity index (χ0n) is 8.18. The summed E-state index contributed by atoms with van der Waals surface area (Å²) < 4.78 is 0. The number of allylic oxidation sites excluding steroid dienone is 2. The third kappa shape index (κ3) is 5.96. The van der Waals surface area contributed by atoms with Crippen LogP contribution in [-0.2, 0) is 4.79 Å². The topological polar surface area (TPSA) is 37.3 Å². The van der Waals surface area contributed by atoms with Gasteiger partial charge >= 0.3 is 5.97 Å². The van der Waals surface area contributed by atoms with E-state index in [2.05, 4.69) is 20.8 Å². The van der Waals surface area contributed by atoms with Crippen molar-refractivity contribution in [3.63, 3.8) is 0 Å². The van der Waals surface area contributed by atoms with Crippen LogP contribution in [-0.4, -0.2) is 11.1 Å². The van der Waals surface area contributed by atoms with Gasteiger partial charge in [-0.3, -0.25) is 4.79 Å². The highest BCUT2D eigenvalue weighted by atomic mass is 16.4. The van der Waals surface area contributed by atoms with Gasteiger partial charge in [0.05, 0.1) is 0 Å². The molecule has 2 nitrogen and oxygen atoms in total. The molecule has 0 fully saturated rings. The molecule has 0 saturated carbocycles. The molecule has 12 heavy (non-hydrogen) atoms. The first kappa shape index (κ1) is 11.2. The summed E-state index contributed by atoms with van der Waals surface area (Å²) in [5.41, 5.74) is 2.74. The molecule has 0 aliphatic rings. The van der Waals surface area contributed by atoms with Gasteiger partial charge < -0.3 is 5.11 Å². The van der Waals surface area contributed by atoms with Crippen molar-refractivity contribution in [1.82, 2.24) is 0 Å². The van der Waals surface area contributed by atoms with Crippen LogP contribution >= 0.6 is 0 Å². The summed E-state index contributed by atoms with van der Waals surface area (Å²) in [7, 11) is 0. The Morgan fingerprint density at radius 3 is 2.00 bits per heavy atom. The standard InChI is InChI=1S/C10H18O2/c1-8(2)9(3)6-4-5-7-10(11)12/h4-7H2,1-3H3,(H,11,12). The van der Waals surface area contributed by atoms with Crippen molar-refractivity contribution in [3.05, 3.63) is 11.1 Å². The zero-order valence-corrected chi connectivity index (χ0v) is 8.18. The lowest BCUT2D eigenvalue weighted by Crippen LogP contribution is -1.93. The van der Waals surface area contributed by atoms with Crippen molar-refractivity contribution in [3.8, 4) is 0 Å². The summed E-state index contributed by atoms with van der Waals surface area (Å²) in [5, 5.41) is 8.38.